The molecule has 1 heterocycles. The quantitative estimate of drug-likeness (QED) is 0.912. The lowest BCUT2D eigenvalue weighted by molar-refractivity contribution is -0.117. The number of carboxylic acid groups (broad SMARTS) is 1. The molecule has 21 heavy (non-hydrogen) atoms. The Hall–Kier alpha value is -2.02. The molecule has 1 unspecified atom stereocenters. The summed E-state index contributed by atoms with van der Waals surface area (Å²) in [6.07, 6.45) is 0.223. The number of benzene rings is 1. The van der Waals surface area contributed by atoms with Gasteiger partial charge in [-0.05, 0) is 12.1 Å². The molecule has 1 fully saturated rings. The Morgan fingerprint density at radius 3 is 2.71 bits per heavy atom. The molecule has 1 aromatic rings. The van der Waals surface area contributed by atoms with Gasteiger partial charge in [0.05, 0.1) is 12.8 Å². The zero-order chi connectivity index (χ0) is 15.6. The molecule has 0 bridgehead atoms. The Balaban J connectivity index is 2.36. The first-order valence-electron chi connectivity index (χ1n) is 6.32. The second-order valence-corrected chi connectivity index (χ2v) is 6.08. The molecule has 0 radical (unpaired) electrons. The van der Waals surface area contributed by atoms with Crippen LogP contribution in [0, 0.1) is 0 Å². The van der Waals surface area contributed by atoms with Crippen LogP contribution in [0.3, 0.4) is 0 Å². The molecule has 7 heteroatoms. The zero-order valence-corrected chi connectivity index (χ0v) is 12.5. The number of hydrogen-bond donors (Lipinski definition) is 1. The fourth-order valence-corrected chi connectivity index (χ4v) is 3.27. The monoisotopic (exact) mass is 309 g/mol. The van der Waals surface area contributed by atoms with E-state index in [0.717, 1.165) is 11.8 Å². The third-order valence-electron chi connectivity index (χ3n) is 3.15. The maximum atomic E-state index is 12.1. The van der Waals surface area contributed by atoms with Gasteiger partial charge < -0.3 is 14.7 Å². The number of carboxylic acids is 1. The molecule has 1 aliphatic rings. The predicted molar refractivity (Wildman–Crippen MR) is 79.0 cm³/mol. The van der Waals surface area contributed by atoms with Crippen molar-refractivity contribution in [3.63, 3.8) is 0 Å². The number of methoxy groups -OCH3 is 1. The van der Waals surface area contributed by atoms with Gasteiger partial charge in [0.1, 0.15) is 11.3 Å². The first-order chi connectivity index (χ1) is 9.93. The van der Waals surface area contributed by atoms with E-state index in [2.05, 4.69) is 0 Å². The van der Waals surface area contributed by atoms with Crippen LogP contribution in [0.5, 0.6) is 5.75 Å². The van der Waals surface area contributed by atoms with Crippen molar-refractivity contribution in [2.75, 3.05) is 18.6 Å². The van der Waals surface area contributed by atoms with E-state index < -0.39 is 5.97 Å². The number of amides is 1. The minimum absolute atomic E-state index is 0.0400. The molecule has 0 saturated carbocycles. The molecule has 6 nitrogen and oxygen atoms in total. The van der Waals surface area contributed by atoms with Crippen LogP contribution in [0.15, 0.2) is 18.2 Å². The number of anilines is 1. The Morgan fingerprint density at radius 2 is 2.14 bits per heavy atom. The normalized spacial score (nSPS) is 17.9. The van der Waals surface area contributed by atoms with Gasteiger partial charge in [0.2, 0.25) is 5.91 Å². The first kappa shape index (κ1) is 15.4. The maximum absolute atomic E-state index is 12.1. The minimum Gasteiger partial charge on any atom is -0.496 e. The minimum atomic E-state index is -1.15. The van der Waals surface area contributed by atoms with Crippen molar-refractivity contribution in [3.05, 3.63) is 23.8 Å². The average Bonchev–Trinajstić information content (AvgIpc) is 2.77. The van der Waals surface area contributed by atoms with Crippen LogP contribution in [0.4, 0.5) is 5.69 Å². The van der Waals surface area contributed by atoms with Gasteiger partial charge in [-0.15, -0.1) is 0 Å². The van der Waals surface area contributed by atoms with Crippen molar-refractivity contribution in [1.29, 1.82) is 0 Å². The summed E-state index contributed by atoms with van der Waals surface area (Å²) in [6, 6.07) is 4.75. The molecule has 0 aliphatic carbocycles. The molecule has 1 atom stereocenters. The highest BCUT2D eigenvalue weighted by Crippen LogP contribution is 2.34. The van der Waals surface area contributed by atoms with E-state index in [1.165, 1.54) is 25.0 Å². The lowest BCUT2D eigenvalue weighted by Gasteiger charge is -2.20. The number of thioether (sulfide) groups is 1. The SMILES string of the molecule is COc1cccc(N2CC(SC(C)=O)CC2=O)c1C(=O)O. The summed E-state index contributed by atoms with van der Waals surface area (Å²) in [4.78, 5) is 36.1. The van der Waals surface area contributed by atoms with Crippen molar-refractivity contribution in [2.45, 2.75) is 18.6 Å². The summed E-state index contributed by atoms with van der Waals surface area (Å²) in [5.74, 6) is -1.14. The molecular weight excluding hydrogens is 294 g/mol. The van der Waals surface area contributed by atoms with Crippen LogP contribution >= 0.6 is 11.8 Å². The van der Waals surface area contributed by atoms with Gasteiger partial charge in [0, 0.05) is 25.1 Å². The van der Waals surface area contributed by atoms with Gasteiger partial charge in [0.15, 0.2) is 5.12 Å². The number of carbonyl (C=O) groups excluding carboxylic acids is 2. The number of nitrogens with zero attached hydrogens (tertiary/aromatic N) is 1. The van der Waals surface area contributed by atoms with Crippen molar-refractivity contribution in [2.24, 2.45) is 0 Å². The summed E-state index contributed by atoms with van der Waals surface area (Å²) in [5, 5.41) is 9.15. The van der Waals surface area contributed by atoms with Crippen LogP contribution < -0.4 is 9.64 Å². The van der Waals surface area contributed by atoms with Crippen molar-refractivity contribution >= 4 is 34.4 Å². The second-order valence-electron chi connectivity index (χ2n) is 4.60. The number of carbonyl (C=O) groups is 3. The van der Waals surface area contributed by atoms with Gasteiger partial charge in [-0.1, -0.05) is 17.8 Å². The summed E-state index contributed by atoms with van der Waals surface area (Å²) < 4.78 is 5.06. The zero-order valence-electron chi connectivity index (χ0n) is 11.7. The second kappa shape index (κ2) is 6.17. The van der Waals surface area contributed by atoms with Gasteiger partial charge in [-0.3, -0.25) is 9.59 Å². The van der Waals surface area contributed by atoms with Crippen molar-refractivity contribution in [3.8, 4) is 5.75 Å². The molecule has 0 spiro atoms. The molecule has 1 amide bonds. The van der Waals surface area contributed by atoms with E-state index in [9.17, 15) is 19.5 Å². The molecule has 1 N–H and O–H groups in total. The number of aromatic carboxylic acids is 1. The standard InChI is InChI=1S/C14H15NO5S/c1-8(16)21-9-6-12(17)15(7-9)10-4-3-5-11(20-2)13(10)14(18)19/h3-5,9H,6-7H2,1-2H3,(H,18,19). The van der Waals surface area contributed by atoms with Crippen molar-refractivity contribution in [1.82, 2.24) is 0 Å². The third-order valence-corrected chi connectivity index (χ3v) is 4.13. The fourth-order valence-electron chi connectivity index (χ4n) is 2.35. The highest BCUT2D eigenvalue weighted by Gasteiger charge is 2.34. The van der Waals surface area contributed by atoms with Crippen LogP contribution in [0.25, 0.3) is 0 Å². The molecule has 0 aromatic heterocycles. The fraction of sp³-hybridized carbons (Fsp3) is 0.357. The smallest absolute Gasteiger partial charge is 0.341 e. The topological polar surface area (TPSA) is 83.9 Å². The lowest BCUT2D eigenvalue weighted by Crippen LogP contribution is -2.27. The van der Waals surface area contributed by atoms with Crippen molar-refractivity contribution < 1.29 is 24.2 Å². The summed E-state index contributed by atoms with van der Waals surface area (Å²) in [7, 11) is 1.38. The number of ether oxygens (including phenoxy) is 1. The highest BCUT2D eigenvalue weighted by atomic mass is 32.2. The van der Waals surface area contributed by atoms with E-state index in [0.29, 0.717) is 12.2 Å². The molecule has 2 rings (SSSR count). The molecular formula is C14H15NO5S. The van der Waals surface area contributed by atoms with E-state index in [1.54, 1.807) is 12.1 Å². The lowest BCUT2D eigenvalue weighted by atomic mass is 10.1. The summed E-state index contributed by atoms with van der Waals surface area (Å²) in [6.45, 7) is 1.77. The molecule has 1 aliphatic heterocycles. The average molecular weight is 309 g/mol. The van der Waals surface area contributed by atoms with Gasteiger partial charge >= 0.3 is 5.97 Å². The van der Waals surface area contributed by atoms with Crippen LogP contribution in [-0.2, 0) is 9.59 Å². The van der Waals surface area contributed by atoms with Crippen LogP contribution in [0.2, 0.25) is 0 Å². The summed E-state index contributed by atoms with van der Waals surface area (Å²) >= 11 is 1.11. The molecule has 112 valence electrons. The van der Waals surface area contributed by atoms with Crippen LogP contribution in [-0.4, -0.2) is 41.0 Å². The highest BCUT2D eigenvalue weighted by molar-refractivity contribution is 8.14. The molecule has 1 aromatic carbocycles. The Bertz CT molecular complexity index is 601. The molecule has 1 saturated heterocycles. The van der Waals surface area contributed by atoms with E-state index in [1.807, 2.05) is 0 Å². The van der Waals surface area contributed by atoms with E-state index in [-0.39, 0.29) is 34.0 Å². The van der Waals surface area contributed by atoms with E-state index in [4.69, 9.17) is 4.74 Å². The number of rotatable bonds is 4. The Kier molecular flexibility index (Phi) is 4.52. The maximum Gasteiger partial charge on any atom is 0.341 e. The Labute approximate surface area is 126 Å². The summed E-state index contributed by atoms with van der Waals surface area (Å²) in [5.41, 5.74) is 0.264. The third kappa shape index (κ3) is 3.18. The first-order valence-corrected chi connectivity index (χ1v) is 7.20. The van der Waals surface area contributed by atoms with Gasteiger partial charge in [0.25, 0.3) is 0 Å². The van der Waals surface area contributed by atoms with Crippen LogP contribution in [0.1, 0.15) is 23.7 Å². The van der Waals surface area contributed by atoms with Gasteiger partial charge in [-0.2, -0.15) is 0 Å². The number of hydrogen-bond acceptors (Lipinski definition) is 5. The predicted octanol–water partition coefficient (Wildman–Crippen LogP) is 1.78. The Morgan fingerprint density at radius 1 is 1.43 bits per heavy atom. The largest absolute Gasteiger partial charge is 0.496 e. The van der Waals surface area contributed by atoms with E-state index >= 15 is 0 Å². The van der Waals surface area contributed by atoms with Gasteiger partial charge in [-0.25, -0.2) is 4.79 Å².